The SMILES string of the molecule is COc1ccc(C2=CCN(C(=O)[C@@H]3C[C@H]3[N+](=O)[O-])CC2)cc1. The standard InChI is InChI=1S/C16H18N2O4/c1-22-13-4-2-11(3-5-13)12-6-8-17(9-7-12)16(19)14-10-15(14)18(20)21/h2-6,14-15H,7-10H2,1H3/t14-,15-/m1/s1. The zero-order valence-electron chi connectivity index (χ0n) is 12.4. The highest BCUT2D eigenvalue weighted by Gasteiger charge is 2.54. The van der Waals surface area contributed by atoms with Crippen molar-refractivity contribution in [2.75, 3.05) is 20.2 Å². The molecular formula is C16H18N2O4. The van der Waals surface area contributed by atoms with Crippen molar-refractivity contribution in [2.45, 2.75) is 18.9 Å². The van der Waals surface area contributed by atoms with E-state index in [0.717, 1.165) is 17.7 Å². The molecule has 1 fully saturated rings. The Hall–Kier alpha value is -2.37. The highest BCUT2D eigenvalue weighted by atomic mass is 16.6. The summed E-state index contributed by atoms with van der Waals surface area (Å²) in [5.74, 6) is 0.328. The van der Waals surface area contributed by atoms with Crippen molar-refractivity contribution < 1.29 is 14.5 Å². The van der Waals surface area contributed by atoms with Gasteiger partial charge in [0, 0.05) is 24.4 Å². The molecule has 6 heteroatoms. The number of hydrogen-bond donors (Lipinski definition) is 0. The number of carbonyl (C=O) groups is 1. The van der Waals surface area contributed by atoms with Crippen LogP contribution in [-0.4, -0.2) is 42.0 Å². The van der Waals surface area contributed by atoms with Gasteiger partial charge in [-0.3, -0.25) is 14.9 Å². The van der Waals surface area contributed by atoms with Crippen LogP contribution in [0.3, 0.4) is 0 Å². The number of nitrogens with zero attached hydrogens (tertiary/aromatic N) is 2. The van der Waals surface area contributed by atoms with Gasteiger partial charge in [0.05, 0.1) is 7.11 Å². The van der Waals surface area contributed by atoms with Gasteiger partial charge >= 0.3 is 0 Å². The Bertz CT molecular complexity index is 624. The van der Waals surface area contributed by atoms with E-state index in [9.17, 15) is 14.9 Å². The minimum Gasteiger partial charge on any atom is -0.497 e. The molecule has 0 aromatic heterocycles. The van der Waals surface area contributed by atoms with E-state index in [4.69, 9.17) is 4.74 Å². The van der Waals surface area contributed by atoms with E-state index in [1.54, 1.807) is 12.0 Å². The summed E-state index contributed by atoms with van der Waals surface area (Å²) in [7, 11) is 1.63. The Morgan fingerprint density at radius 1 is 1.36 bits per heavy atom. The van der Waals surface area contributed by atoms with Crippen LogP contribution in [0.25, 0.3) is 5.57 Å². The van der Waals surface area contributed by atoms with E-state index in [1.807, 2.05) is 30.3 Å². The van der Waals surface area contributed by atoms with Gasteiger partial charge in [0.15, 0.2) is 0 Å². The first-order valence-electron chi connectivity index (χ1n) is 7.36. The molecule has 0 unspecified atom stereocenters. The van der Waals surface area contributed by atoms with Gasteiger partial charge in [0.25, 0.3) is 0 Å². The van der Waals surface area contributed by atoms with E-state index in [2.05, 4.69) is 0 Å². The van der Waals surface area contributed by atoms with Crippen LogP contribution in [0, 0.1) is 16.0 Å². The topological polar surface area (TPSA) is 72.7 Å². The zero-order valence-corrected chi connectivity index (χ0v) is 12.4. The van der Waals surface area contributed by atoms with Gasteiger partial charge in [-0.2, -0.15) is 0 Å². The maximum absolute atomic E-state index is 12.2. The summed E-state index contributed by atoms with van der Waals surface area (Å²) in [4.78, 5) is 24.2. The van der Waals surface area contributed by atoms with E-state index in [1.165, 1.54) is 5.57 Å². The summed E-state index contributed by atoms with van der Waals surface area (Å²) in [5.41, 5.74) is 2.33. The second-order valence-electron chi connectivity index (χ2n) is 5.69. The normalized spacial score (nSPS) is 23.7. The summed E-state index contributed by atoms with van der Waals surface area (Å²) in [6.45, 7) is 1.15. The summed E-state index contributed by atoms with van der Waals surface area (Å²) in [6.07, 6.45) is 3.19. The molecule has 1 amide bonds. The number of rotatable bonds is 4. The van der Waals surface area contributed by atoms with Gasteiger partial charge in [-0.15, -0.1) is 0 Å². The molecule has 1 aromatic rings. The molecule has 0 N–H and O–H groups in total. The fraction of sp³-hybridized carbons (Fsp3) is 0.438. The summed E-state index contributed by atoms with van der Waals surface area (Å²) >= 11 is 0. The summed E-state index contributed by atoms with van der Waals surface area (Å²) in [6, 6.07) is 7.18. The molecule has 1 saturated carbocycles. The minimum atomic E-state index is -0.667. The predicted octanol–water partition coefficient (Wildman–Crippen LogP) is 1.98. The smallest absolute Gasteiger partial charge is 0.233 e. The Balaban J connectivity index is 1.62. The molecule has 0 spiro atoms. The average Bonchev–Trinajstić information content (AvgIpc) is 3.35. The second kappa shape index (κ2) is 5.79. The molecule has 22 heavy (non-hydrogen) atoms. The van der Waals surface area contributed by atoms with Crippen molar-refractivity contribution in [3.63, 3.8) is 0 Å². The van der Waals surface area contributed by atoms with Crippen molar-refractivity contribution in [1.29, 1.82) is 0 Å². The highest BCUT2D eigenvalue weighted by molar-refractivity contribution is 5.83. The molecule has 0 saturated heterocycles. The van der Waals surface area contributed by atoms with Crippen molar-refractivity contribution in [3.05, 3.63) is 46.0 Å². The Morgan fingerprint density at radius 2 is 2.09 bits per heavy atom. The fourth-order valence-electron chi connectivity index (χ4n) is 2.85. The number of nitro groups is 1. The zero-order chi connectivity index (χ0) is 15.7. The van der Waals surface area contributed by atoms with Crippen molar-refractivity contribution in [3.8, 4) is 5.75 Å². The number of amides is 1. The second-order valence-corrected chi connectivity index (χ2v) is 5.69. The largest absolute Gasteiger partial charge is 0.497 e. The molecule has 0 radical (unpaired) electrons. The lowest BCUT2D eigenvalue weighted by molar-refractivity contribution is -0.497. The molecule has 2 atom stereocenters. The van der Waals surface area contributed by atoms with Crippen LogP contribution in [0.2, 0.25) is 0 Å². The van der Waals surface area contributed by atoms with Gasteiger partial charge in [0.2, 0.25) is 11.9 Å². The van der Waals surface area contributed by atoms with E-state index >= 15 is 0 Å². The molecular weight excluding hydrogens is 284 g/mol. The van der Waals surface area contributed by atoms with Crippen molar-refractivity contribution in [1.82, 2.24) is 4.90 Å². The Morgan fingerprint density at radius 3 is 2.59 bits per heavy atom. The van der Waals surface area contributed by atoms with Crippen LogP contribution in [0.15, 0.2) is 30.3 Å². The number of methoxy groups -OCH3 is 1. The summed E-state index contributed by atoms with van der Waals surface area (Å²) in [5, 5.41) is 10.7. The molecule has 1 aromatic carbocycles. The van der Waals surface area contributed by atoms with Gasteiger partial charge in [0.1, 0.15) is 11.7 Å². The first kappa shape index (κ1) is 14.6. The van der Waals surface area contributed by atoms with E-state index < -0.39 is 12.0 Å². The Kier molecular flexibility index (Phi) is 3.83. The predicted molar refractivity (Wildman–Crippen MR) is 81.1 cm³/mol. The quantitative estimate of drug-likeness (QED) is 0.629. The molecule has 3 rings (SSSR count). The minimum absolute atomic E-state index is 0.0771. The maximum Gasteiger partial charge on any atom is 0.233 e. The first-order chi connectivity index (χ1) is 10.6. The highest BCUT2D eigenvalue weighted by Crippen LogP contribution is 2.35. The lowest BCUT2D eigenvalue weighted by atomic mass is 9.99. The molecule has 1 heterocycles. The first-order valence-corrected chi connectivity index (χ1v) is 7.36. The van der Waals surface area contributed by atoms with Crippen LogP contribution < -0.4 is 4.74 Å². The molecule has 0 bridgehead atoms. The third-order valence-electron chi connectivity index (χ3n) is 4.33. The van der Waals surface area contributed by atoms with Crippen LogP contribution in [0.5, 0.6) is 5.75 Å². The van der Waals surface area contributed by atoms with Crippen LogP contribution in [0.1, 0.15) is 18.4 Å². The lowest BCUT2D eigenvalue weighted by Crippen LogP contribution is -2.36. The Labute approximate surface area is 128 Å². The summed E-state index contributed by atoms with van der Waals surface area (Å²) < 4.78 is 5.14. The van der Waals surface area contributed by atoms with Gasteiger partial charge < -0.3 is 9.64 Å². The molecule has 1 aliphatic carbocycles. The number of ether oxygens (including phenoxy) is 1. The third kappa shape index (κ3) is 2.81. The molecule has 1 aliphatic heterocycles. The lowest BCUT2D eigenvalue weighted by Gasteiger charge is -2.26. The van der Waals surface area contributed by atoms with Gasteiger partial charge in [-0.25, -0.2) is 0 Å². The average molecular weight is 302 g/mol. The van der Waals surface area contributed by atoms with Crippen LogP contribution in [0.4, 0.5) is 0 Å². The third-order valence-corrected chi connectivity index (χ3v) is 4.33. The number of benzene rings is 1. The number of hydrogen-bond acceptors (Lipinski definition) is 4. The maximum atomic E-state index is 12.2. The van der Waals surface area contributed by atoms with Crippen molar-refractivity contribution in [2.24, 2.45) is 5.92 Å². The van der Waals surface area contributed by atoms with Crippen molar-refractivity contribution >= 4 is 11.5 Å². The van der Waals surface area contributed by atoms with Gasteiger partial charge in [-0.05, 0) is 29.7 Å². The molecule has 6 nitrogen and oxygen atoms in total. The van der Waals surface area contributed by atoms with Gasteiger partial charge in [-0.1, -0.05) is 18.2 Å². The number of carbonyl (C=O) groups excluding carboxylic acids is 1. The van der Waals surface area contributed by atoms with E-state index in [-0.39, 0.29) is 10.8 Å². The van der Waals surface area contributed by atoms with E-state index in [0.29, 0.717) is 19.5 Å². The fourth-order valence-corrected chi connectivity index (χ4v) is 2.85. The monoisotopic (exact) mass is 302 g/mol. The molecule has 2 aliphatic rings. The van der Waals surface area contributed by atoms with Crippen LogP contribution >= 0.6 is 0 Å². The molecule has 116 valence electrons. The van der Waals surface area contributed by atoms with Crippen LogP contribution in [-0.2, 0) is 4.79 Å².